The zero-order chi connectivity index (χ0) is 16.1. The molecule has 0 heterocycles. The van der Waals surface area contributed by atoms with Crippen LogP contribution in [0.15, 0.2) is 91.0 Å². The van der Waals surface area contributed by atoms with E-state index < -0.39 is 6.89 Å². The van der Waals surface area contributed by atoms with E-state index in [2.05, 4.69) is 58.4 Å². The number of nitriles is 1. The molecule has 0 atom stereocenters. The summed E-state index contributed by atoms with van der Waals surface area (Å²) < 4.78 is 0.689. The first-order chi connectivity index (χ1) is 11.3. The van der Waals surface area contributed by atoms with Gasteiger partial charge in [-0.1, -0.05) is 91.0 Å². The zero-order valence-electron chi connectivity index (χ0n) is 12.4. The SMILES string of the molecule is N#CC(Br)=P(c1ccccc1)(c1ccccc1)c1ccccc1. The molecule has 0 unspecified atom stereocenters. The zero-order valence-corrected chi connectivity index (χ0v) is 14.9. The van der Waals surface area contributed by atoms with Gasteiger partial charge in [0.25, 0.3) is 0 Å². The first kappa shape index (κ1) is 15.8. The molecule has 0 aliphatic rings. The third kappa shape index (κ3) is 2.79. The summed E-state index contributed by atoms with van der Waals surface area (Å²) in [6.45, 7) is -2.17. The maximum atomic E-state index is 9.75. The molecule has 0 saturated carbocycles. The number of benzene rings is 3. The first-order valence-corrected chi connectivity index (χ1v) is 9.87. The average molecular weight is 380 g/mol. The van der Waals surface area contributed by atoms with Gasteiger partial charge in [-0.25, -0.2) is 0 Å². The molecule has 3 rings (SSSR count). The Morgan fingerprint density at radius 2 is 0.957 bits per heavy atom. The highest BCUT2D eigenvalue weighted by Crippen LogP contribution is 2.47. The van der Waals surface area contributed by atoms with Crippen LogP contribution in [0.1, 0.15) is 0 Å². The molecule has 0 aromatic heterocycles. The van der Waals surface area contributed by atoms with Crippen molar-refractivity contribution in [1.29, 1.82) is 5.26 Å². The van der Waals surface area contributed by atoms with Crippen LogP contribution < -0.4 is 15.9 Å². The predicted molar refractivity (Wildman–Crippen MR) is 105 cm³/mol. The minimum Gasteiger partial charge on any atom is -0.192 e. The van der Waals surface area contributed by atoms with Crippen LogP contribution >= 0.6 is 22.8 Å². The molecule has 0 N–H and O–H groups in total. The summed E-state index contributed by atoms with van der Waals surface area (Å²) in [5.41, 5.74) is 0. The van der Waals surface area contributed by atoms with Crippen molar-refractivity contribution in [3.63, 3.8) is 0 Å². The van der Waals surface area contributed by atoms with E-state index in [1.165, 1.54) is 15.9 Å². The van der Waals surface area contributed by atoms with Crippen molar-refractivity contribution >= 4 is 42.9 Å². The highest BCUT2D eigenvalue weighted by atomic mass is 79.9. The van der Waals surface area contributed by atoms with Gasteiger partial charge in [-0.3, -0.25) is 0 Å². The summed E-state index contributed by atoms with van der Waals surface area (Å²) in [7, 11) is 0. The molecule has 1 nitrogen and oxygen atoms in total. The molecule has 0 aliphatic heterocycles. The van der Waals surface area contributed by atoms with Crippen LogP contribution in [0, 0.1) is 11.3 Å². The standard InChI is InChI=1S/C20H15BrNP/c21-20(16-22)23(17-10-4-1-5-11-17,18-12-6-2-7-13-18)19-14-8-3-9-15-19/h1-15H. The minimum absolute atomic E-state index is 0.689. The monoisotopic (exact) mass is 379 g/mol. The van der Waals surface area contributed by atoms with Crippen LogP contribution in [0.5, 0.6) is 0 Å². The fourth-order valence-corrected chi connectivity index (χ4v) is 8.24. The van der Waals surface area contributed by atoms with E-state index in [4.69, 9.17) is 0 Å². The predicted octanol–water partition coefficient (Wildman–Crippen LogP) is 4.03. The van der Waals surface area contributed by atoms with Crippen LogP contribution in [-0.4, -0.2) is 4.20 Å². The summed E-state index contributed by atoms with van der Waals surface area (Å²) >= 11 is 3.62. The molecule has 23 heavy (non-hydrogen) atoms. The van der Waals surface area contributed by atoms with Crippen LogP contribution in [0.2, 0.25) is 0 Å². The minimum atomic E-state index is -2.17. The molecule has 0 aliphatic carbocycles. The van der Waals surface area contributed by atoms with Crippen molar-refractivity contribution in [3.05, 3.63) is 91.0 Å². The lowest BCUT2D eigenvalue weighted by Gasteiger charge is -2.28. The Morgan fingerprint density at radius 3 is 1.22 bits per heavy atom. The van der Waals surface area contributed by atoms with E-state index in [1.54, 1.807) is 0 Å². The molecule has 0 amide bonds. The summed E-state index contributed by atoms with van der Waals surface area (Å²) in [5, 5.41) is 13.3. The van der Waals surface area contributed by atoms with Crippen molar-refractivity contribution < 1.29 is 0 Å². The van der Waals surface area contributed by atoms with Gasteiger partial charge in [-0.2, -0.15) is 5.26 Å². The summed E-state index contributed by atoms with van der Waals surface area (Å²) in [4.78, 5) is 0. The van der Waals surface area contributed by atoms with E-state index in [0.717, 1.165) is 0 Å². The molecule has 3 aromatic rings. The van der Waals surface area contributed by atoms with Crippen LogP contribution in [0.4, 0.5) is 0 Å². The van der Waals surface area contributed by atoms with E-state index in [0.29, 0.717) is 4.20 Å². The van der Waals surface area contributed by atoms with Gasteiger partial charge in [0.2, 0.25) is 0 Å². The molecular weight excluding hydrogens is 365 g/mol. The first-order valence-electron chi connectivity index (χ1n) is 7.29. The lowest BCUT2D eigenvalue weighted by Crippen LogP contribution is -2.28. The third-order valence-corrected chi connectivity index (χ3v) is 9.50. The van der Waals surface area contributed by atoms with Crippen LogP contribution in [0.25, 0.3) is 0 Å². The largest absolute Gasteiger partial charge is 0.192 e. The Labute approximate surface area is 145 Å². The number of hydrogen-bond acceptors (Lipinski definition) is 1. The normalized spacial score (nSPS) is 10.8. The van der Waals surface area contributed by atoms with Crippen LogP contribution in [0.3, 0.4) is 0 Å². The Hall–Kier alpha value is -2.07. The Bertz CT molecular complexity index is 778. The number of halogens is 1. The van der Waals surface area contributed by atoms with Gasteiger partial charge in [-0.05, 0) is 31.8 Å². The van der Waals surface area contributed by atoms with Crippen molar-refractivity contribution in [3.8, 4) is 6.07 Å². The molecule has 3 heteroatoms. The molecular formula is C20H15BrNP. The maximum absolute atomic E-state index is 9.75. The van der Waals surface area contributed by atoms with Gasteiger partial charge in [0.05, 0.1) is 0 Å². The molecule has 112 valence electrons. The molecule has 0 radical (unpaired) electrons. The summed E-state index contributed by atoms with van der Waals surface area (Å²) in [5.74, 6) is 0. The number of nitrogens with zero attached hydrogens (tertiary/aromatic N) is 1. The van der Waals surface area contributed by atoms with Gasteiger partial charge in [0, 0.05) is 6.89 Å². The second-order valence-corrected chi connectivity index (χ2v) is 9.82. The highest BCUT2D eigenvalue weighted by Gasteiger charge is 2.28. The van der Waals surface area contributed by atoms with Gasteiger partial charge < -0.3 is 0 Å². The van der Waals surface area contributed by atoms with E-state index >= 15 is 0 Å². The van der Waals surface area contributed by atoms with Gasteiger partial charge in [0.15, 0.2) is 0 Å². The van der Waals surface area contributed by atoms with Crippen LogP contribution in [-0.2, 0) is 0 Å². The average Bonchev–Trinajstić information content (AvgIpc) is 2.65. The lowest BCUT2D eigenvalue weighted by molar-refractivity contribution is 1.56. The fourth-order valence-electron chi connectivity index (χ4n) is 2.82. The molecule has 3 aromatic carbocycles. The number of hydrogen-bond donors (Lipinski definition) is 0. The Balaban J connectivity index is 2.50. The molecule has 0 fully saturated rings. The van der Waals surface area contributed by atoms with E-state index in [-0.39, 0.29) is 0 Å². The second-order valence-electron chi connectivity index (χ2n) is 5.08. The summed E-state index contributed by atoms with van der Waals surface area (Å²) in [6.07, 6.45) is 0. The third-order valence-electron chi connectivity index (χ3n) is 3.82. The van der Waals surface area contributed by atoms with Gasteiger partial charge in [0.1, 0.15) is 10.3 Å². The molecule has 0 saturated heterocycles. The van der Waals surface area contributed by atoms with E-state index in [1.807, 2.05) is 54.6 Å². The van der Waals surface area contributed by atoms with Crippen molar-refractivity contribution in [1.82, 2.24) is 0 Å². The lowest BCUT2D eigenvalue weighted by atomic mass is 10.4. The molecule has 0 bridgehead atoms. The van der Waals surface area contributed by atoms with Crippen molar-refractivity contribution in [2.45, 2.75) is 0 Å². The maximum Gasteiger partial charge on any atom is 0.108 e. The number of rotatable bonds is 3. The van der Waals surface area contributed by atoms with Crippen molar-refractivity contribution in [2.75, 3.05) is 0 Å². The smallest absolute Gasteiger partial charge is 0.108 e. The summed E-state index contributed by atoms with van der Waals surface area (Å²) in [6, 6.07) is 33.3. The second kappa shape index (κ2) is 7.01. The van der Waals surface area contributed by atoms with Gasteiger partial charge >= 0.3 is 0 Å². The highest BCUT2D eigenvalue weighted by molar-refractivity contribution is 9.20. The van der Waals surface area contributed by atoms with Gasteiger partial charge in [-0.15, -0.1) is 0 Å². The van der Waals surface area contributed by atoms with E-state index in [9.17, 15) is 5.26 Å². The quantitative estimate of drug-likeness (QED) is 0.630. The fraction of sp³-hybridized carbons (Fsp3) is 0. The van der Waals surface area contributed by atoms with Crippen molar-refractivity contribution in [2.24, 2.45) is 0 Å². The Kier molecular flexibility index (Phi) is 4.82. The molecule has 0 spiro atoms. The Morgan fingerprint density at radius 1 is 0.652 bits per heavy atom. The topological polar surface area (TPSA) is 23.8 Å².